The highest BCUT2D eigenvalue weighted by Crippen LogP contribution is 2.31. The van der Waals surface area contributed by atoms with Gasteiger partial charge in [0.25, 0.3) is 5.91 Å². The Kier molecular flexibility index (Phi) is 7.40. The summed E-state index contributed by atoms with van der Waals surface area (Å²) in [7, 11) is 0. The number of imide groups is 1. The first-order valence-electron chi connectivity index (χ1n) is 12.7. The third kappa shape index (κ3) is 5.99. The van der Waals surface area contributed by atoms with E-state index >= 15 is 0 Å². The minimum atomic E-state index is -4.33. The Morgan fingerprint density at radius 2 is 1.84 bits per heavy atom. The highest BCUT2D eigenvalue weighted by Gasteiger charge is 2.40. The fourth-order valence-corrected chi connectivity index (χ4v) is 5.36. The molecule has 0 bridgehead atoms. The van der Waals surface area contributed by atoms with Gasteiger partial charge in [0.2, 0.25) is 11.8 Å². The van der Waals surface area contributed by atoms with Gasteiger partial charge in [-0.25, -0.2) is 0 Å². The van der Waals surface area contributed by atoms with E-state index in [4.69, 9.17) is 4.74 Å². The van der Waals surface area contributed by atoms with Crippen molar-refractivity contribution in [2.24, 2.45) is 0 Å². The predicted molar refractivity (Wildman–Crippen MR) is 131 cm³/mol. The molecule has 202 valence electrons. The van der Waals surface area contributed by atoms with Crippen LogP contribution in [0.5, 0.6) is 5.75 Å². The summed E-state index contributed by atoms with van der Waals surface area (Å²) in [5, 5.41) is 4.90. The second kappa shape index (κ2) is 10.7. The maximum atomic E-state index is 13.0. The Labute approximate surface area is 218 Å². The van der Waals surface area contributed by atoms with Gasteiger partial charge in [-0.2, -0.15) is 13.2 Å². The first-order chi connectivity index (χ1) is 18.2. The largest absolute Gasteiger partial charge is 0.487 e. The molecule has 2 aromatic carbocycles. The Balaban J connectivity index is 1.30. The van der Waals surface area contributed by atoms with Gasteiger partial charge in [-0.15, -0.1) is 0 Å². The van der Waals surface area contributed by atoms with Gasteiger partial charge in [-0.3, -0.25) is 24.6 Å². The van der Waals surface area contributed by atoms with Gasteiger partial charge in [-0.05, 0) is 42.2 Å². The Bertz CT molecular complexity index is 1210. The Morgan fingerprint density at radius 3 is 2.58 bits per heavy atom. The third-order valence-electron chi connectivity index (χ3n) is 7.24. The van der Waals surface area contributed by atoms with E-state index in [1.54, 1.807) is 18.2 Å². The monoisotopic (exact) mass is 530 g/mol. The van der Waals surface area contributed by atoms with E-state index in [0.717, 1.165) is 5.56 Å². The highest BCUT2D eigenvalue weighted by molar-refractivity contribution is 6.05. The van der Waals surface area contributed by atoms with Gasteiger partial charge in [0.1, 0.15) is 17.9 Å². The smallest absolute Gasteiger partial charge is 0.401 e. The molecule has 0 spiro atoms. The van der Waals surface area contributed by atoms with Gasteiger partial charge >= 0.3 is 6.18 Å². The lowest BCUT2D eigenvalue weighted by Gasteiger charge is -2.39. The van der Waals surface area contributed by atoms with Gasteiger partial charge in [0, 0.05) is 44.2 Å². The van der Waals surface area contributed by atoms with Crippen LogP contribution in [0.15, 0.2) is 48.5 Å². The number of alkyl halides is 3. The average molecular weight is 531 g/mol. The molecule has 0 radical (unpaired) electrons. The number of carbonyl (C=O) groups excluding carboxylic acids is 3. The van der Waals surface area contributed by atoms with Crippen LogP contribution in [0.1, 0.15) is 40.7 Å². The maximum Gasteiger partial charge on any atom is 0.401 e. The van der Waals surface area contributed by atoms with E-state index in [-0.39, 0.29) is 31.2 Å². The zero-order valence-corrected chi connectivity index (χ0v) is 20.7. The maximum absolute atomic E-state index is 13.0. The molecule has 38 heavy (non-hydrogen) atoms. The van der Waals surface area contributed by atoms with Crippen LogP contribution in [0, 0.1) is 0 Å². The van der Waals surface area contributed by atoms with Gasteiger partial charge in [-0.1, -0.05) is 30.3 Å². The van der Waals surface area contributed by atoms with Crippen molar-refractivity contribution in [2.45, 2.75) is 56.7 Å². The van der Waals surface area contributed by atoms with Crippen molar-refractivity contribution in [1.82, 2.24) is 20.4 Å². The van der Waals surface area contributed by atoms with Crippen LogP contribution < -0.4 is 15.4 Å². The number of ether oxygens (including phenoxy) is 1. The number of nitrogens with one attached hydrogen (secondary N) is 2. The molecule has 1 unspecified atom stereocenters. The number of amides is 3. The summed E-state index contributed by atoms with van der Waals surface area (Å²) in [5.41, 5.74) is 2.23. The zero-order chi connectivity index (χ0) is 26.9. The number of benzene rings is 2. The van der Waals surface area contributed by atoms with E-state index in [0.29, 0.717) is 42.9 Å². The molecular formula is C27H29F3N4O4. The number of fused-ring (bicyclic) bond motifs is 1. The molecule has 0 saturated carbocycles. The first-order valence-corrected chi connectivity index (χ1v) is 12.7. The zero-order valence-electron chi connectivity index (χ0n) is 20.7. The summed E-state index contributed by atoms with van der Waals surface area (Å²) in [6.07, 6.45) is -3.96. The van der Waals surface area contributed by atoms with Crippen LogP contribution in [-0.2, 0) is 22.7 Å². The predicted octanol–water partition coefficient (Wildman–Crippen LogP) is 2.62. The molecule has 3 aliphatic heterocycles. The molecule has 0 aromatic heterocycles. The van der Waals surface area contributed by atoms with E-state index in [9.17, 15) is 27.6 Å². The molecule has 2 N–H and O–H groups in total. The molecule has 3 amide bonds. The number of rotatable bonds is 7. The lowest BCUT2D eigenvalue weighted by molar-refractivity contribution is -0.137. The molecule has 8 nitrogen and oxygen atoms in total. The molecule has 2 aromatic rings. The summed E-state index contributed by atoms with van der Waals surface area (Å²) in [5.74, 6) is -0.684. The molecule has 2 saturated heterocycles. The number of nitrogens with zero attached hydrogens (tertiary/aromatic N) is 2. The third-order valence-corrected chi connectivity index (χ3v) is 7.24. The Hall–Kier alpha value is -3.44. The fraction of sp³-hybridized carbons (Fsp3) is 0.444. The number of likely N-dealkylation sites (tertiary alicyclic amines) is 1. The molecule has 3 atom stereocenters. The normalized spacial score (nSPS) is 24.3. The summed E-state index contributed by atoms with van der Waals surface area (Å²) in [6, 6.07) is 13.6. The minimum Gasteiger partial charge on any atom is -0.487 e. The van der Waals surface area contributed by atoms with Crippen LogP contribution in [0.4, 0.5) is 13.2 Å². The topological polar surface area (TPSA) is 91.0 Å². The number of carbonyl (C=O) groups is 3. The van der Waals surface area contributed by atoms with E-state index < -0.39 is 36.8 Å². The van der Waals surface area contributed by atoms with Crippen LogP contribution in [0.25, 0.3) is 0 Å². The number of piperidine rings is 2. The molecule has 0 aliphatic carbocycles. The van der Waals surface area contributed by atoms with Crippen LogP contribution in [-0.4, -0.2) is 71.5 Å². The van der Waals surface area contributed by atoms with Crippen molar-refractivity contribution in [2.75, 3.05) is 19.6 Å². The highest BCUT2D eigenvalue weighted by atomic mass is 19.4. The van der Waals surface area contributed by atoms with Crippen molar-refractivity contribution >= 4 is 17.7 Å². The summed E-state index contributed by atoms with van der Waals surface area (Å²) >= 11 is 0. The van der Waals surface area contributed by atoms with Crippen molar-refractivity contribution in [3.05, 3.63) is 65.2 Å². The van der Waals surface area contributed by atoms with Crippen molar-refractivity contribution in [3.63, 3.8) is 0 Å². The standard InChI is InChI=1S/C27H29F3N4O4/c28-27(29,30)16-31-21-10-11-33(13-17-4-2-1-3-5-17)15-23(21)38-19-6-7-20-18(12-19)14-34(26(20)37)22-8-9-24(35)32-25(22)36/h1-7,12,21-23,31H,8-11,13-16H2,(H,32,35,36)/t21-,22?,23-/m1/s1. The molecule has 3 aliphatic rings. The summed E-state index contributed by atoms with van der Waals surface area (Å²) < 4.78 is 45.1. The quantitative estimate of drug-likeness (QED) is 0.535. The van der Waals surface area contributed by atoms with Gasteiger partial charge in [0.05, 0.1) is 6.54 Å². The SMILES string of the molecule is O=C1CCC(N2Cc3cc(O[C@@H]4CN(Cc5ccccc5)CC[C@H]4NCC(F)(F)F)ccc3C2=O)C(=O)N1. The molecule has 5 rings (SSSR count). The molecular weight excluding hydrogens is 501 g/mol. The van der Waals surface area contributed by atoms with Gasteiger partial charge in [0.15, 0.2) is 0 Å². The molecule has 11 heteroatoms. The summed E-state index contributed by atoms with van der Waals surface area (Å²) in [6.45, 7) is 0.813. The van der Waals surface area contributed by atoms with E-state index in [1.807, 2.05) is 30.3 Å². The molecule has 3 heterocycles. The molecule has 2 fully saturated rings. The number of halogens is 3. The lowest BCUT2D eigenvalue weighted by atomic mass is 10.0. The van der Waals surface area contributed by atoms with Crippen molar-refractivity contribution in [3.8, 4) is 5.75 Å². The minimum absolute atomic E-state index is 0.165. The number of hydrogen-bond donors (Lipinski definition) is 2. The van der Waals surface area contributed by atoms with E-state index in [1.165, 1.54) is 4.90 Å². The van der Waals surface area contributed by atoms with Crippen LogP contribution in [0.2, 0.25) is 0 Å². The fourth-order valence-electron chi connectivity index (χ4n) is 5.36. The van der Waals surface area contributed by atoms with Crippen molar-refractivity contribution in [1.29, 1.82) is 0 Å². The first kappa shape index (κ1) is 26.2. The second-order valence-electron chi connectivity index (χ2n) is 9.99. The van der Waals surface area contributed by atoms with Crippen LogP contribution in [0.3, 0.4) is 0 Å². The lowest BCUT2D eigenvalue weighted by Crippen LogP contribution is -2.56. The van der Waals surface area contributed by atoms with Crippen molar-refractivity contribution < 1.29 is 32.3 Å². The average Bonchev–Trinajstić information content (AvgIpc) is 3.19. The summed E-state index contributed by atoms with van der Waals surface area (Å²) in [4.78, 5) is 40.4. The van der Waals surface area contributed by atoms with E-state index in [2.05, 4.69) is 15.5 Å². The number of hydrogen-bond acceptors (Lipinski definition) is 6. The van der Waals surface area contributed by atoms with Crippen LogP contribution >= 0.6 is 0 Å². The second-order valence-corrected chi connectivity index (χ2v) is 9.99. The Morgan fingerprint density at radius 1 is 1.05 bits per heavy atom. The van der Waals surface area contributed by atoms with Gasteiger partial charge < -0.3 is 15.0 Å².